The van der Waals surface area contributed by atoms with Crippen LogP contribution in [0.2, 0.25) is 0 Å². The highest BCUT2D eigenvalue weighted by molar-refractivity contribution is 9.10. The van der Waals surface area contributed by atoms with Crippen LogP contribution in [0.3, 0.4) is 0 Å². The third kappa shape index (κ3) is 2.22. The number of aryl methyl sites for hydroxylation is 1. The van der Waals surface area contributed by atoms with E-state index in [-0.39, 0.29) is 5.63 Å². The Hall–Kier alpha value is -1.87. The molecular weight excluding hydrogens is 304 g/mol. The maximum atomic E-state index is 12.1. The van der Waals surface area contributed by atoms with Gasteiger partial charge in [0.25, 0.3) is 0 Å². The lowest BCUT2D eigenvalue weighted by Gasteiger charge is -2.04. The normalized spacial score (nSPS) is 10.8. The highest BCUT2D eigenvalue weighted by Gasteiger charge is 2.08. The van der Waals surface area contributed by atoms with Gasteiger partial charge in [-0.15, -0.1) is 0 Å². The Kier molecular flexibility index (Phi) is 2.99. The zero-order valence-corrected chi connectivity index (χ0v) is 11.9. The standard InChI is InChI=1S/C16H11BrO2/c1-10-8-11(6-7-14(10)17)13-9-12-4-2-3-5-15(12)19-16(13)18/h2-9H,1H3. The van der Waals surface area contributed by atoms with Crippen LogP contribution in [-0.2, 0) is 0 Å². The first-order valence-corrected chi connectivity index (χ1v) is 6.74. The fraction of sp³-hybridized carbons (Fsp3) is 0.0625. The summed E-state index contributed by atoms with van der Waals surface area (Å²) < 4.78 is 6.38. The van der Waals surface area contributed by atoms with Gasteiger partial charge >= 0.3 is 5.63 Å². The molecule has 0 spiro atoms. The summed E-state index contributed by atoms with van der Waals surface area (Å²) in [6, 6.07) is 15.2. The fourth-order valence-corrected chi connectivity index (χ4v) is 2.32. The molecule has 19 heavy (non-hydrogen) atoms. The first kappa shape index (κ1) is 12.2. The van der Waals surface area contributed by atoms with E-state index in [1.54, 1.807) is 6.07 Å². The molecule has 3 aromatic rings. The molecule has 1 aromatic heterocycles. The molecule has 0 radical (unpaired) electrons. The molecule has 2 nitrogen and oxygen atoms in total. The molecule has 0 unspecified atom stereocenters. The van der Waals surface area contributed by atoms with Crippen molar-refractivity contribution in [2.45, 2.75) is 6.92 Å². The lowest BCUT2D eigenvalue weighted by atomic mass is 10.0. The molecule has 1 heterocycles. The van der Waals surface area contributed by atoms with Gasteiger partial charge < -0.3 is 4.42 Å². The van der Waals surface area contributed by atoms with Gasteiger partial charge in [0.15, 0.2) is 0 Å². The van der Waals surface area contributed by atoms with Crippen molar-refractivity contribution in [1.29, 1.82) is 0 Å². The van der Waals surface area contributed by atoms with Gasteiger partial charge in [0.1, 0.15) is 5.58 Å². The van der Waals surface area contributed by atoms with E-state index >= 15 is 0 Å². The molecule has 0 N–H and O–H groups in total. The molecule has 0 saturated carbocycles. The topological polar surface area (TPSA) is 30.2 Å². The summed E-state index contributed by atoms with van der Waals surface area (Å²) in [5.41, 5.74) is 2.87. The Bertz CT molecular complexity index is 818. The average Bonchev–Trinajstić information content (AvgIpc) is 2.41. The first-order chi connectivity index (χ1) is 9.15. The Balaban J connectivity index is 2.27. The van der Waals surface area contributed by atoms with Gasteiger partial charge in [-0.05, 0) is 36.2 Å². The predicted octanol–water partition coefficient (Wildman–Crippen LogP) is 4.53. The molecule has 2 aromatic carbocycles. The second kappa shape index (κ2) is 4.67. The Morgan fingerprint density at radius 3 is 2.63 bits per heavy atom. The molecule has 0 aliphatic carbocycles. The van der Waals surface area contributed by atoms with Crippen LogP contribution in [0.4, 0.5) is 0 Å². The molecule has 0 bridgehead atoms. The van der Waals surface area contributed by atoms with E-state index in [0.29, 0.717) is 11.1 Å². The number of fused-ring (bicyclic) bond motifs is 1. The molecule has 0 aliphatic heterocycles. The van der Waals surface area contributed by atoms with Crippen molar-refractivity contribution in [3.05, 3.63) is 69.0 Å². The van der Waals surface area contributed by atoms with Crippen molar-refractivity contribution in [2.75, 3.05) is 0 Å². The molecule has 3 rings (SSSR count). The van der Waals surface area contributed by atoms with Gasteiger partial charge in [-0.2, -0.15) is 0 Å². The molecule has 3 heteroatoms. The van der Waals surface area contributed by atoms with Gasteiger partial charge in [-0.1, -0.05) is 46.3 Å². The molecule has 0 amide bonds. The summed E-state index contributed by atoms with van der Waals surface area (Å²) in [7, 11) is 0. The number of rotatable bonds is 1. The van der Waals surface area contributed by atoms with Crippen LogP contribution >= 0.6 is 15.9 Å². The lowest BCUT2D eigenvalue weighted by Crippen LogP contribution is -2.02. The summed E-state index contributed by atoms with van der Waals surface area (Å²) in [4.78, 5) is 12.1. The quantitative estimate of drug-likeness (QED) is 0.618. The molecule has 0 fully saturated rings. The Labute approximate surface area is 118 Å². The van der Waals surface area contributed by atoms with Gasteiger partial charge in [0.05, 0.1) is 5.56 Å². The van der Waals surface area contributed by atoms with Crippen molar-refractivity contribution in [3.8, 4) is 11.1 Å². The third-order valence-electron chi connectivity index (χ3n) is 3.11. The van der Waals surface area contributed by atoms with Crippen LogP contribution in [0.15, 0.2) is 62.2 Å². The van der Waals surface area contributed by atoms with Crippen LogP contribution in [-0.4, -0.2) is 0 Å². The van der Waals surface area contributed by atoms with Crippen LogP contribution in [0, 0.1) is 6.92 Å². The van der Waals surface area contributed by atoms with Crippen molar-refractivity contribution < 1.29 is 4.42 Å². The van der Waals surface area contributed by atoms with Gasteiger partial charge in [-0.25, -0.2) is 4.79 Å². The lowest BCUT2D eigenvalue weighted by molar-refractivity contribution is 0.563. The van der Waals surface area contributed by atoms with Crippen LogP contribution in [0.1, 0.15) is 5.56 Å². The molecular formula is C16H11BrO2. The summed E-state index contributed by atoms with van der Waals surface area (Å²) in [5, 5.41) is 0.928. The molecule has 0 saturated heterocycles. The minimum absolute atomic E-state index is 0.305. The Morgan fingerprint density at radius 2 is 1.84 bits per heavy atom. The minimum atomic E-state index is -0.305. The van der Waals surface area contributed by atoms with Crippen molar-refractivity contribution >= 4 is 26.9 Å². The van der Waals surface area contributed by atoms with Crippen molar-refractivity contribution in [1.82, 2.24) is 0 Å². The molecule has 0 atom stereocenters. The van der Waals surface area contributed by atoms with Gasteiger partial charge in [0.2, 0.25) is 0 Å². The average molecular weight is 315 g/mol. The van der Waals surface area contributed by atoms with Crippen molar-refractivity contribution in [3.63, 3.8) is 0 Å². The second-order valence-electron chi connectivity index (χ2n) is 4.45. The minimum Gasteiger partial charge on any atom is -0.422 e. The van der Waals surface area contributed by atoms with Crippen molar-refractivity contribution in [2.24, 2.45) is 0 Å². The number of para-hydroxylation sites is 1. The second-order valence-corrected chi connectivity index (χ2v) is 5.30. The SMILES string of the molecule is Cc1cc(-c2cc3ccccc3oc2=O)ccc1Br. The molecule has 0 aliphatic rings. The fourth-order valence-electron chi connectivity index (χ4n) is 2.08. The molecule has 94 valence electrons. The first-order valence-electron chi connectivity index (χ1n) is 5.94. The van der Waals surface area contributed by atoms with Crippen LogP contribution in [0.5, 0.6) is 0 Å². The number of halogens is 1. The van der Waals surface area contributed by atoms with E-state index in [1.807, 2.05) is 49.4 Å². The van der Waals surface area contributed by atoms with E-state index < -0.39 is 0 Å². The number of hydrogen-bond donors (Lipinski definition) is 0. The number of hydrogen-bond acceptors (Lipinski definition) is 2. The van der Waals surface area contributed by atoms with E-state index in [4.69, 9.17) is 4.42 Å². The van der Waals surface area contributed by atoms with E-state index in [2.05, 4.69) is 15.9 Å². The highest BCUT2D eigenvalue weighted by Crippen LogP contribution is 2.25. The van der Waals surface area contributed by atoms with Crippen LogP contribution in [0.25, 0.3) is 22.1 Å². The largest absolute Gasteiger partial charge is 0.422 e. The maximum absolute atomic E-state index is 12.1. The zero-order valence-electron chi connectivity index (χ0n) is 10.3. The monoisotopic (exact) mass is 314 g/mol. The maximum Gasteiger partial charge on any atom is 0.344 e. The van der Waals surface area contributed by atoms with E-state index in [1.165, 1.54) is 0 Å². The third-order valence-corrected chi connectivity index (χ3v) is 4.00. The summed E-state index contributed by atoms with van der Waals surface area (Å²) in [5.74, 6) is 0. The summed E-state index contributed by atoms with van der Waals surface area (Å²) in [6.07, 6.45) is 0. The van der Waals surface area contributed by atoms with E-state index in [9.17, 15) is 4.79 Å². The Morgan fingerprint density at radius 1 is 1.05 bits per heavy atom. The summed E-state index contributed by atoms with van der Waals surface area (Å²) in [6.45, 7) is 2.00. The van der Waals surface area contributed by atoms with Crippen LogP contribution < -0.4 is 5.63 Å². The smallest absolute Gasteiger partial charge is 0.344 e. The van der Waals surface area contributed by atoms with Gasteiger partial charge in [0, 0.05) is 9.86 Å². The van der Waals surface area contributed by atoms with Gasteiger partial charge in [-0.3, -0.25) is 0 Å². The predicted molar refractivity (Wildman–Crippen MR) is 80.4 cm³/mol. The highest BCUT2D eigenvalue weighted by atomic mass is 79.9. The summed E-state index contributed by atoms with van der Waals surface area (Å²) >= 11 is 3.46. The van der Waals surface area contributed by atoms with E-state index in [0.717, 1.165) is 21.0 Å². The zero-order chi connectivity index (χ0) is 13.4. The number of benzene rings is 2.